The van der Waals surface area contributed by atoms with Crippen LogP contribution < -0.4 is 14.4 Å². The van der Waals surface area contributed by atoms with Crippen molar-refractivity contribution >= 4 is 43.2 Å². The van der Waals surface area contributed by atoms with Crippen molar-refractivity contribution in [2.75, 3.05) is 19.1 Å². The number of hydrogen-bond acceptors (Lipinski definition) is 5. The lowest BCUT2D eigenvalue weighted by Gasteiger charge is -2.22. The van der Waals surface area contributed by atoms with Crippen LogP contribution in [0.25, 0.3) is 21.0 Å². The molecule has 0 aliphatic carbocycles. The van der Waals surface area contributed by atoms with E-state index >= 15 is 0 Å². The van der Waals surface area contributed by atoms with Crippen molar-refractivity contribution in [2.24, 2.45) is 0 Å². The van der Waals surface area contributed by atoms with Crippen molar-refractivity contribution < 1.29 is 14.3 Å². The van der Waals surface area contributed by atoms with Gasteiger partial charge in [0.2, 0.25) is 0 Å². The third kappa shape index (κ3) is 3.67. The summed E-state index contributed by atoms with van der Waals surface area (Å²) in [6, 6.07) is 21.6. The number of carbonyl (C=O) groups is 1. The molecule has 32 heavy (non-hydrogen) atoms. The van der Waals surface area contributed by atoms with E-state index in [0.717, 1.165) is 37.3 Å². The Bertz CT molecular complexity index is 1390. The molecule has 5 aromatic rings. The van der Waals surface area contributed by atoms with Gasteiger partial charge in [0.25, 0.3) is 5.91 Å². The SMILES string of the molecule is COc1cccc(CN(C(=O)c2cc3cn[nH]c3cc2OC)c2cc3ccccc3s2)c1. The lowest BCUT2D eigenvalue weighted by Crippen LogP contribution is -2.30. The van der Waals surface area contributed by atoms with Gasteiger partial charge in [-0.25, -0.2) is 0 Å². The number of nitrogens with one attached hydrogen (secondary N) is 1. The summed E-state index contributed by atoms with van der Waals surface area (Å²) in [7, 11) is 3.21. The van der Waals surface area contributed by atoms with Gasteiger partial charge < -0.3 is 9.47 Å². The predicted octanol–water partition coefficient (Wildman–Crippen LogP) is 5.64. The third-order valence-corrected chi connectivity index (χ3v) is 6.53. The quantitative estimate of drug-likeness (QED) is 0.369. The molecule has 2 aromatic heterocycles. The van der Waals surface area contributed by atoms with E-state index in [-0.39, 0.29) is 5.91 Å². The highest BCUT2D eigenvalue weighted by molar-refractivity contribution is 7.23. The molecule has 5 rings (SSSR count). The van der Waals surface area contributed by atoms with Crippen molar-refractivity contribution in [1.29, 1.82) is 0 Å². The van der Waals surface area contributed by atoms with Gasteiger partial charge in [0.15, 0.2) is 0 Å². The van der Waals surface area contributed by atoms with E-state index < -0.39 is 0 Å². The Morgan fingerprint density at radius 2 is 1.88 bits per heavy atom. The standard InChI is InChI=1S/C25H21N3O3S/c1-30-19-8-5-6-16(10-19)15-28(24-12-17-7-3-4-9-23(17)32-24)25(29)20-11-18-14-26-27-21(18)13-22(20)31-2/h3-14H,15H2,1-2H3,(H,26,27). The van der Waals surface area contributed by atoms with Gasteiger partial charge in [-0.3, -0.25) is 14.8 Å². The van der Waals surface area contributed by atoms with Gasteiger partial charge in [-0.05, 0) is 41.3 Å². The van der Waals surface area contributed by atoms with Crippen LogP contribution in [0, 0.1) is 0 Å². The number of methoxy groups -OCH3 is 2. The second kappa shape index (κ2) is 8.36. The maximum absolute atomic E-state index is 13.9. The van der Waals surface area contributed by atoms with E-state index in [0.29, 0.717) is 17.9 Å². The van der Waals surface area contributed by atoms with Crippen LogP contribution in [0.2, 0.25) is 0 Å². The van der Waals surface area contributed by atoms with E-state index in [9.17, 15) is 4.79 Å². The van der Waals surface area contributed by atoms with E-state index in [1.807, 2.05) is 48.5 Å². The van der Waals surface area contributed by atoms with Crippen LogP contribution in [-0.4, -0.2) is 30.3 Å². The Kier molecular flexibility index (Phi) is 5.25. The molecule has 0 bridgehead atoms. The summed E-state index contributed by atoms with van der Waals surface area (Å²) in [5.74, 6) is 1.12. The Labute approximate surface area is 189 Å². The van der Waals surface area contributed by atoms with Crippen molar-refractivity contribution in [1.82, 2.24) is 10.2 Å². The minimum atomic E-state index is -0.140. The lowest BCUT2D eigenvalue weighted by atomic mass is 10.1. The first-order valence-corrected chi connectivity index (χ1v) is 10.9. The fraction of sp³-hybridized carbons (Fsp3) is 0.120. The summed E-state index contributed by atoms with van der Waals surface area (Å²) in [5, 5.41) is 9.83. The zero-order chi connectivity index (χ0) is 22.1. The predicted molar refractivity (Wildman–Crippen MR) is 128 cm³/mol. The summed E-state index contributed by atoms with van der Waals surface area (Å²) < 4.78 is 12.1. The summed E-state index contributed by atoms with van der Waals surface area (Å²) in [6.07, 6.45) is 1.71. The van der Waals surface area contributed by atoms with E-state index in [1.165, 1.54) is 0 Å². The molecular weight excluding hydrogens is 422 g/mol. The monoisotopic (exact) mass is 443 g/mol. The molecule has 1 amide bonds. The fourth-order valence-electron chi connectivity index (χ4n) is 3.76. The van der Waals surface area contributed by atoms with Crippen molar-refractivity contribution in [3.63, 3.8) is 0 Å². The summed E-state index contributed by atoms with van der Waals surface area (Å²) in [6.45, 7) is 0.398. The van der Waals surface area contributed by atoms with Crippen LogP contribution in [0.1, 0.15) is 15.9 Å². The van der Waals surface area contributed by atoms with Gasteiger partial charge in [-0.1, -0.05) is 30.3 Å². The highest BCUT2D eigenvalue weighted by Crippen LogP contribution is 2.36. The average molecular weight is 444 g/mol. The minimum absolute atomic E-state index is 0.140. The number of aromatic nitrogens is 2. The topological polar surface area (TPSA) is 67.5 Å². The summed E-state index contributed by atoms with van der Waals surface area (Å²) in [4.78, 5) is 15.7. The molecule has 160 valence electrons. The second-order valence-corrected chi connectivity index (χ2v) is 8.44. The molecular formula is C25H21N3O3S. The first-order chi connectivity index (χ1) is 15.7. The van der Waals surface area contributed by atoms with Crippen LogP contribution in [0.4, 0.5) is 5.00 Å². The molecule has 0 saturated heterocycles. The van der Waals surface area contributed by atoms with E-state index in [4.69, 9.17) is 9.47 Å². The Balaban J connectivity index is 1.62. The molecule has 0 saturated carbocycles. The first kappa shape index (κ1) is 20.1. The number of nitrogens with zero attached hydrogens (tertiary/aromatic N) is 2. The van der Waals surface area contributed by atoms with Crippen molar-refractivity contribution in [2.45, 2.75) is 6.54 Å². The number of thiophene rings is 1. The number of anilines is 1. The molecule has 0 aliphatic rings. The van der Waals surface area contributed by atoms with Crippen LogP contribution in [0.5, 0.6) is 11.5 Å². The minimum Gasteiger partial charge on any atom is -0.497 e. The summed E-state index contributed by atoms with van der Waals surface area (Å²) >= 11 is 1.59. The molecule has 0 unspecified atom stereocenters. The van der Waals surface area contributed by atoms with Crippen LogP contribution in [0.15, 0.2) is 72.9 Å². The number of amides is 1. The van der Waals surface area contributed by atoms with Crippen molar-refractivity contribution in [3.05, 3.63) is 84.1 Å². The zero-order valence-corrected chi connectivity index (χ0v) is 18.5. The zero-order valence-electron chi connectivity index (χ0n) is 17.7. The molecule has 1 N–H and O–H groups in total. The fourth-order valence-corrected chi connectivity index (χ4v) is 4.82. The number of rotatable bonds is 6. The molecule has 6 nitrogen and oxygen atoms in total. The maximum atomic E-state index is 13.9. The van der Waals surface area contributed by atoms with Gasteiger partial charge in [-0.2, -0.15) is 5.10 Å². The van der Waals surface area contributed by atoms with Gasteiger partial charge in [0, 0.05) is 16.2 Å². The Morgan fingerprint density at radius 3 is 2.69 bits per heavy atom. The van der Waals surface area contributed by atoms with Crippen LogP contribution in [0.3, 0.4) is 0 Å². The van der Waals surface area contributed by atoms with Crippen LogP contribution >= 0.6 is 11.3 Å². The molecule has 0 atom stereocenters. The number of carbonyl (C=O) groups excluding carboxylic acids is 1. The highest BCUT2D eigenvalue weighted by atomic mass is 32.1. The second-order valence-electron chi connectivity index (χ2n) is 7.38. The maximum Gasteiger partial charge on any atom is 0.262 e. The number of ether oxygens (including phenoxy) is 2. The largest absolute Gasteiger partial charge is 0.497 e. The molecule has 0 radical (unpaired) electrons. The number of aromatic amines is 1. The highest BCUT2D eigenvalue weighted by Gasteiger charge is 2.24. The van der Waals surface area contributed by atoms with Gasteiger partial charge in [0.05, 0.1) is 43.0 Å². The van der Waals surface area contributed by atoms with Crippen LogP contribution in [-0.2, 0) is 6.54 Å². The Morgan fingerprint density at radius 1 is 1.00 bits per heavy atom. The molecule has 0 fully saturated rings. The number of hydrogen-bond donors (Lipinski definition) is 1. The Hall–Kier alpha value is -3.84. The molecule has 2 heterocycles. The average Bonchev–Trinajstić information content (AvgIpc) is 3.47. The summed E-state index contributed by atoms with van der Waals surface area (Å²) in [5.41, 5.74) is 2.28. The molecule has 3 aromatic carbocycles. The third-order valence-electron chi connectivity index (χ3n) is 5.39. The molecule has 7 heteroatoms. The lowest BCUT2D eigenvalue weighted by molar-refractivity contribution is 0.0983. The van der Waals surface area contributed by atoms with Gasteiger partial charge in [-0.15, -0.1) is 11.3 Å². The number of fused-ring (bicyclic) bond motifs is 2. The van der Waals surface area contributed by atoms with Crippen molar-refractivity contribution in [3.8, 4) is 11.5 Å². The normalized spacial score (nSPS) is 11.1. The number of benzene rings is 3. The number of H-pyrrole nitrogens is 1. The van der Waals surface area contributed by atoms with Gasteiger partial charge >= 0.3 is 0 Å². The van der Waals surface area contributed by atoms with Gasteiger partial charge in [0.1, 0.15) is 11.5 Å². The molecule has 0 spiro atoms. The van der Waals surface area contributed by atoms with E-state index in [2.05, 4.69) is 28.4 Å². The first-order valence-electron chi connectivity index (χ1n) is 10.1. The smallest absolute Gasteiger partial charge is 0.262 e. The molecule has 0 aliphatic heterocycles. The van der Waals surface area contributed by atoms with E-state index in [1.54, 1.807) is 36.7 Å².